The van der Waals surface area contributed by atoms with E-state index < -0.39 is 8.11 Å². The Labute approximate surface area is 89.6 Å². The number of hydrogen-bond donors (Lipinski definition) is 0. The van der Waals surface area contributed by atoms with Gasteiger partial charge in [0.05, 0.1) is 6.61 Å². The fourth-order valence-electron chi connectivity index (χ4n) is 0.945. The largest absolute Gasteiger partial charge is 0.613 e. The quantitative estimate of drug-likeness (QED) is 0.575. The smallest absolute Gasteiger partial charge is 0.365 e. The van der Waals surface area contributed by atoms with Gasteiger partial charge in [-0.2, -0.15) is 0 Å². The van der Waals surface area contributed by atoms with Crippen LogP contribution in [0.4, 0.5) is 0 Å². The van der Waals surface area contributed by atoms with Crippen LogP contribution in [0, 0.1) is 0 Å². The van der Waals surface area contributed by atoms with Crippen molar-refractivity contribution in [3.05, 3.63) is 35.9 Å². The third kappa shape index (κ3) is 3.40. The molecular weight excluding hydrogens is 220 g/mol. The summed E-state index contributed by atoms with van der Waals surface area (Å²) in [6.45, 7) is 0.401. The molecule has 0 radical (unpaired) electrons. The van der Waals surface area contributed by atoms with Crippen LogP contribution in [-0.2, 0) is 19.9 Å². The predicted octanol–water partition coefficient (Wildman–Crippen LogP) is 2.17. The first kappa shape index (κ1) is 11.7. The lowest BCUT2D eigenvalue weighted by molar-refractivity contribution is 0.115. The molecule has 0 saturated heterocycles. The summed E-state index contributed by atoms with van der Waals surface area (Å²) in [5, 5.41) is 0. The Morgan fingerprint density at radius 2 is 1.71 bits per heavy atom. The van der Waals surface area contributed by atoms with E-state index in [-0.39, 0.29) is 0 Å². The van der Waals surface area contributed by atoms with Gasteiger partial charge in [0.1, 0.15) is 0 Å². The van der Waals surface area contributed by atoms with Gasteiger partial charge < -0.3 is 13.3 Å². The van der Waals surface area contributed by atoms with Crippen LogP contribution in [-0.4, -0.2) is 22.3 Å². The van der Waals surface area contributed by atoms with Crippen LogP contribution in [0.5, 0.6) is 0 Å². The fourth-order valence-corrected chi connectivity index (χ4v) is 1.85. The maximum atomic E-state index is 5.93. The van der Waals surface area contributed by atoms with Crippen molar-refractivity contribution in [1.29, 1.82) is 0 Å². The van der Waals surface area contributed by atoms with Crippen molar-refractivity contribution in [3.8, 4) is 0 Å². The maximum Gasteiger partial charge on any atom is 0.613 e. The molecule has 1 rings (SSSR count). The zero-order valence-electron chi connectivity index (χ0n) is 8.20. The lowest BCUT2D eigenvalue weighted by atomic mass is 10.2. The summed E-state index contributed by atoms with van der Waals surface area (Å²) >= 11 is 5.93. The zero-order valence-corrected chi connectivity index (χ0v) is 9.95. The molecule has 0 bridgehead atoms. The minimum Gasteiger partial charge on any atom is -0.365 e. The van der Waals surface area contributed by atoms with Crippen LogP contribution in [0.3, 0.4) is 0 Å². The molecule has 0 aliphatic heterocycles. The van der Waals surface area contributed by atoms with Crippen molar-refractivity contribution >= 4 is 19.2 Å². The molecule has 0 aromatic heterocycles. The van der Waals surface area contributed by atoms with E-state index in [1.54, 1.807) is 0 Å². The summed E-state index contributed by atoms with van der Waals surface area (Å²) in [6, 6.07) is 9.74. The molecule has 0 aliphatic carbocycles. The Morgan fingerprint density at radius 1 is 1.14 bits per heavy atom. The molecule has 0 aliphatic rings. The van der Waals surface area contributed by atoms with Crippen molar-refractivity contribution in [3.63, 3.8) is 0 Å². The molecule has 0 N–H and O–H groups in total. The van der Waals surface area contributed by atoms with Crippen molar-refractivity contribution in [2.24, 2.45) is 0 Å². The van der Waals surface area contributed by atoms with E-state index in [9.17, 15) is 0 Å². The molecule has 3 nitrogen and oxygen atoms in total. The van der Waals surface area contributed by atoms with E-state index in [2.05, 4.69) is 0 Å². The van der Waals surface area contributed by atoms with Gasteiger partial charge >= 0.3 is 8.11 Å². The summed E-state index contributed by atoms with van der Waals surface area (Å²) < 4.78 is 15.3. The summed E-state index contributed by atoms with van der Waals surface area (Å²) in [7, 11) is 0.0519. The Morgan fingerprint density at radius 3 is 2.21 bits per heavy atom. The van der Waals surface area contributed by atoms with E-state index in [1.165, 1.54) is 14.2 Å². The van der Waals surface area contributed by atoms with Gasteiger partial charge in [-0.15, -0.1) is 0 Å². The van der Waals surface area contributed by atoms with Crippen molar-refractivity contribution in [2.75, 3.05) is 14.2 Å². The highest BCUT2D eigenvalue weighted by atomic mass is 35.6. The van der Waals surface area contributed by atoms with Crippen LogP contribution < -0.4 is 0 Å². The molecule has 78 valence electrons. The molecule has 0 atom stereocenters. The van der Waals surface area contributed by atoms with E-state index in [1.807, 2.05) is 30.3 Å². The number of rotatable bonds is 5. The lowest BCUT2D eigenvalue weighted by Crippen LogP contribution is -2.37. The van der Waals surface area contributed by atoms with Crippen molar-refractivity contribution in [1.82, 2.24) is 0 Å². The molecule has 0 unspecified atom stereocenters. The SMILES string of the molecule is CO[Si](Cl)(OC)OCc1ccccc1. The van der Waals surface area contributed by atoms with Crippen LogP contribution in [0.1, 0.15) is 5.56 Å². The van der Waals surface area contributed by atoms with Crippen LogP contribution in [0.15, 0.2) is 30.3 Å². The molecule has 14 heavy (non-hydrogen) atoms. The monoisotopic (exact) mass is 232 g/mol. The van der Waals surface area contributed by atoms with Gasteiger partial charge in [-0.25, -0.2) is 0 Å². The third-order valence-corrected chi connectivity index (χ3v) is 4.46. The second-order valence-corrected chi connectivity index (χ2v) is 6.12. The van der Waals surface area contributed by atoms with E-state index in [0.717, 1.165) is 5.56 Å². The lowest BCUT2D eigenvalue weighted by Gasteiger charge is -2.18. The standard InChI is InChI=1S/C9H13ClO3Si/c1-11-14(10,12-2)13-8-9-6-4-3-5-7-9/h3-7H,8H2,1-2H3. The van der Waals surface area contributed by atoms with Crippen LogP contribution in [0.25, 0.3) is 0 Å². The van der Waals surface area contributed by atoms with Gasteiger partial charge in [-0.1, -0.05) is 41.4 Å². The average Bonchev–Trinajstić information content (AvgIpc) is 2.27. The molecule has 0 fully saturated rings. The minimum atomic E-state index is -2.91. The number of benzene rings is 1. The van der Waals surface area contributed by atoms with Gasteiger partial charge in [-0.3, -0.25) is 0 Å². The third-order valence-electron chi connectivity index (χ3n) is 1.74. The van der Waals surface area contributed by atoms with Gasteiger partial charge in [0.15, 0.2) is 0 Å². The van der Waals surface area contributed by atoms with Crippen molar-refractivity contribution in [2.45, 2.75) is 6.61 Å². The Balaban J connectivity index is 2.48. The number of halogens is 1. The second kappa shape index (κ2) is 5.48. The van der Waals surface area contributed by atoms with Crippen molar-refractivity contribution < 1.29 is 13.3 Å². The molecular formula is C9H13ClO3Si. The average molecular weight is 233 g/mol. The Hall–Kier alpha value is -0.393. The second-order valence-electron chi connectivity index (χ2n) is 2.66. The van der Waals surface area contributed by atoms with E-state index in [0.29, 0.717) is 6.61 Å². The summed E-state index contributed by atoms with van der Waals surface area (Å²) in [5.41, 5.74) is 1.04. The Bertz CT molecular complexity index is 264. The molecule has 0 heterocycles. The summed E-state index contributed by atoms with van der Waals surface area (Å²) in [4.78, 5) is 0. The topological polar surface area (TPSA) is 27.7 Å². The Kier molecular flexibility index (Phi) is 4.57. The van der Waals surface area contributed by atoms with Crippen LogP contribution >= 0.6 is 11.1 Å². The molecule has 0 spiro atoms. The normalized spacial score (nSPS) is 11.6. The first-order valence-electron chi connectivity index (χ1n) is 4.17. The first-order valence-corrected chi connectivity index (χ1v) is 6.91. The maximum absolute atomic E-state index is 5.93. The predicted molar refractivity (Wildman–Crippen MR) is 56.9 cm³/mol. The highest BCUT2D eigenvalue weighted by Gasteiger charge is 2.37. The summed E-state index contributed by atoms with van der Waals surface area (Å²) in [5.74, 6) is 0. The fraction of sp³-hybridized carbons (Fsp3) is 0.333. The first-order chi connectivity index (χ1) is 6.70. The number of hydrogen-bond acceptors (Lipinski definition) is 3. The molecule has 0 amide bonds. The molecule has 0 saturated carbocycles. The van der Waals surface area contributed by atoms with Gasteiger partial charge in [-0.05, 0) is 5.56 Å². The molecule has 1 aromatic rings. The van der Waals surface area contributed by atoms with Gasteiger partial charge in [0.25, 0.3) is 0 Å². The highest BCUT2D eigenvalue weighted by molar-refractivity contribution is 7.09. The molecule has 5 heteroatoms. The van der Waals surface area contributed by atoms with Crippen LogP contribution in [0.2, 0.25) is 0 Å². The minimum absolute atomic E-state index is 0.401. The zero-order chi connectivity index (χ0) is 10.4. The van der Waals surface area contributed by atoms with E-state index in [4.69, 9.17) is 24.4 Å². The van der Waals surface area contributed by atoms with E-state index >= 15 is 0 Å². The van der Waals surface area contributed by atoms with Gasteiger partial charge in [0, 0.05) is 14.2 Å². The highest BCUT2D eigenvalue weighted by Crippen LogP contribution is 2.15. The van der Waals surface area contributed by atoms with Gasteiger partial charge in [0.2, 0.25) is 0 Å². The molecule has 1 aromatic carbocycles. The summed E-state index contributed by atoms with van der Waals surface area (Å²) in [6.07, 6.45) is 0.